The molecule has 0 bridgehead atoms. The molecule has 0 unspecified atom stereocenters. The first-order valence-corrected chi connectivity index (χ1v) is 40.3. The van der Waals surface area contributed by atoms with Crippen LogP contribution in [0.4, 0.5) is 0 Å². The molecule has 12 rings (SSSR count). The quantitative estimate of drug-likeness (QED) is 0.105. The average Bonchev–Trinajstić information content (AvgIpc) is 1.62. The van der Waals surface area contributed by atoms with Gasteiger partial charge in [0, 0.05) is 0 Å². The van der Waals surface area contributed by atoms with Crippen molar-refractivity contribution in [1.29, 1.82) is 0 Å². The zero-order valence-corrected chi connectivity index (χ0v) is 74.6. The fourth-order valence-corrected chi connectivity index (χ4v) is 32.3. The largest absolute Gasteiger partial charge is 2.00 e. The number of fused-ring (bicyclic) bond motifs is 4. The summed E-state index contributed by atoms with van der Waals surface area (Å²) in [7, 11) is -1.06. The zero-order valence-electron chi connectivity index (χ0n) is 64.6. The molecule has 0 aliphatic carbocycles. The zero-order chi connectivity index (χ0) is 70.1. The van der Waals surface area contributed by atoms with E-state index < -0.39 is 0 Å². The van der Waals surface area contributed by atoms with Gasteiger partial charge in [-0.1, -0.05) is 366 Å². The fourth-order valence-electron chi connectivity index (χ4n) is 16.0. The third-order valence-electron chi connectivity index (χ3n) is 17.7. The van der Waals surface area contributed by atoms with Crippen molar-refractivity contribution in [3.8, 4) is 44.5 Å². The molecule has 0 N–H and O–H groups in total. The molecule has 0 aromatic heterocycles. The van der Waals surface area contributed by atoms with Gasteiger partial charge in [0.25, 0.3) is 0 Å². The number of rotatable bonds is 8. The van der Waals surface area contributed by atoms with Crippen molar-refractivity contribution in [2.24, 2.45) is 0 Å². The Hall–Kier alpha value is -3.73. The van der Waals surface area contributed by atoms with Gasteiger partial charge in [0.15, 0.2) is 0 Å². The molecule has 0 fully saturated rings. The van der Waals surface area contributed by atoms with E-state index in [1.807, 2.05) is 0 Å². The van der Waals surface area contributed by atoms with Gasteiger partial charge in [0.05, 0.1) is 0 Å². The Labute approximate surface area is 661 Å². The maximum atomic E-state index is 2.46. The summed E-state index contributed by atoms with van der Waals surface area (Å²) in [5.74, 6) is 0. The van der Waals surface area contributed by atoms with E-state index in [0.717, 1.165) is 0 Å². The van der Waals surface area contributed by atoms with E-state index in [9.17, 15) is 0 Å². The van der Waals surface area contributed by atoms with Gasteiger partial charge in [-0.05, 0) is 63.5 Å². The van der Waals surface area contributed by atoms with Crippen LogP contribution >= 0.6 is 31.7 Å². The van der Waals surface area contributed by atoms with E-state index in [0.29, 0.717) is 41.2 Å². The Kier molecular flexibility index (Phi) is 30.1. The van der Waals surface area contributed by atoms with Crippen LogP contribution in [0.1, 0.15) is 166 Å². The third kappa shape index (κ3) is 21.3. The van der Waals surface area contributed by atoms with Gasteiger partial charge in [0.1, 0.15) is 0 Å². The van der Waals surface area contributed by atoms with Gasteiger partial charge in [-0.15, -0.1) is 137 Å². The fraction of sp³-hybridized carbons (Fsp3) is 0.348. The number of benzene rings is 8. The average molecular weight is 1600 g/mol. The van der Waals surface area contributed by atoms with Crippen LogP contribution in [0.3, 0.4) is 0 Å². The van der Waals surface area contributed by atoms with E-state index in [1.54, 1.807) is 0 Å². The Morgan fingerprint density at radius 2 is 0.350 bits per heavy atom. The number of hydrogen-bond acceptors (Lipinski definition) is 0. The normalized spacial score (nSPS) is 12.4. The molecular weight excluding hydrogens is 1480 g/mol. The minimum Gasteiger partial charge on any atom is -1.00 e. The molecule has 0 spiro atoms. The second-order valence-electron chi connectivity index (χ2n) is 34.3. The van der Waals surface area contributed by atoms with Crippen molar-refractivity contribution in [2.75, 3.05) is 0 Å². The maximum absolute atomic E-state index is 2.46. The Bertz CT molecular complexity index is 3860. The number of hydrogen-bond donors (Lipinski definition) is 0. The van der Waals surface area contributed by atoms with Crippen molar-refractivity contribution < 1.29 is 77.2 Å². The molecule has 12 aromatic carbocycles. The van der Waals surface area contributed by atoms with Crippen LogP contribution in [-0.4, -0.2) is 41.2 Å². The summed E-state index contributed by atoms with van der Waals surface area (Å²) in [5.41, 5.74) is 10.6. The van der Waals surface area contributed by atoms with Crippen LogP contribution in [0, 0.1) is 0 Å². The molecule has 8 heteroatoms. The van der Waals surface area contributed by atoms with E-state index in [2.05, 4.69) is 409 Å². The predicted molar refractivity (Wildman–Crippen MR) is 444 cm³/mol. The molecule has 100 heavy (non-hydrogen) atoms. The molecule has 12 aromatic rings. The Morgan fingerprint density at radius 1 is 0.200 bits per heavy atom. The molecular formula is C92H112Cl2P4Zr2-2. The summed E-state index contributed by atoms with van der Waals surface area (Å²) >= 11 is 0. The molecule has 0 atom stereocenters. The minimum absolute atomic E-state index is 0. The van der Waals surface area contributed by atoms with E-state index >= 15 is 0 Å². The van der Waals surface area contributed by atoms with Crippen LogP contribution in [-0.2, 0) is 52.4 Å². The maximum Gasteiger partial charge on any atom is 2.00 e. The smallest absolute Gasteiger partial charge is 1.00 e. The first-order chi connectivity index (χ1) is 44.7. The monoisotopic (exact) mass is 1590 g/mol. The van der Waals surface area contributed by atoms with Crippen LogP contribution in [0.25, 0.3) is 87.6 Å². The molecule has 0 aliphatic rings. The van der Waals surface area contributed by atoms with Crippen LogP contribution in [0.5, 0.6) is 0 Å². The molecule has 0 amide bonds. The Balaban J connectivity index is 0.000000237. The van der Waals surface area contributed by atoms with E-state index in [-0.39, 0.29) is 109 Å². The topological polar surface area (TPSA) is 0 Å². The molecule has 0 saturated heterocycles. The molecule has 0 heterocycles. The van der Waals surface area contributed by atoms with Crippen molar-refractivity contribution >= 4 is 96.0 Å². The van der Waals surface area contributed by atoms with Gasteiger partial charge < -0.3 is 24.8 Å². The third-order valence-corrected chi connectivity index (χ3v) is 31.5. The summed E-state index contributed by atoms with van der Waals surface area (Å²) < 4.78 is 0. The molecule has 0 saturated carbocycles. The van der Waals surface area contributed by atoms with Gasteiger partial charge in [-0.2, -0.15) is 24.3 Å². The second-order valence-corrected chi connectivity index (χ2v) is 49.7. The standard InChI is InChI=1S/4C23H28P.2ClH.2Zr/c4*1-22(2,3)24(23(4,5)6)19-15-18-13-10-14-20(21(18)16-19)17-11-8-7-9-12-17;;;;/h4*7-16H,1-6H3;2*1H;;/q4*-1;;;2*+2/p-2. The number of halogens is 2. The van der Waals surface area contributed by atoms with Gasteiger partial charge in [-0.25, -0.2) is 0 Å². The summed E-state index contributed by atoms with van der Waals surface area (Å²) in [6.07, 6.45) is 0. The van der Waals surface area contributed by atoms with Crippen LogP contribution in [0.2, 0.25) is 0 Å². The first-order valence-electron chi connectivity index (χ1n) is 34.9. The molecule has 0 aliphatic heterocycles. The molecule has 0 radical (unpaired) electrons. The van der Waals surface area contributed by atoms with E-state index in [1.165, 1.54) is 109 Å². The first kappa shape index (κ1) is 86.9. The van der Waals surface area contributed by atoms with Crippen LogP contribution in [0.15, 0.2) is 243 Å². The minimum atomic E-state index is -0.266. The van der Waals surface area contributed by atoms with Crippen molar-refractivity contribution in [3.05, 3.63) is 243 Å². The van der Waals surface area contributed by atoms with Crippen molar-refractivity contribution in [2.45, 2.75) is 207 Å². The van der Waals surface area contributed by atoms with Crippen molar-refractivity contribution in [1.82, 2.24) is 0 Å². The van der Waals surface area contributed by atoms with E-state index in [4.69, 9.17) is 0 Å². The SMILES string of the molecule is CC(C)(C)P(c1cc2c(-c3ccccc3)cccc2[cH-]1)C(C)(C)C.CC(C)(C)P(c1cc2c(-c3ccccc3)cccc2[cH-]1)C(C)(C)C.CC(C)(C)P(c1cc2c(-c3ccccc3)cccc2[cH-]1)C(C)(C)C.CC(C)(C)P(c1cc2c(-c3ccccc3)cccc2[cH-]1)C(C)(C)C.[Cl-].[Cl-].[Zr+2].[Zr+2]. The second kappa shape index (κ2) is 34.7. The molecule has 0 nitrogen and oxygen atoms in total. The van der Waals surface area contributed by atoms with Gasteiger partial charge in [0.2, 0.25) is 0 Å². The Morgan fingerprint density at radius 3 is 0.490 bits per heavy atom. The summed E-state index contributed by atoms with van der Waals surface area (Å²) in [4.78, 5) is 0. The summed E-state index contributed by atoms with van der Waals surface area (Å²) in [5, 5.41) is 19.5. The predicted octanol–water partition coefficient (Wildman–Crippen LogP) is 21.7. The summed E-state index contributed by atoms with van der Waals surface area (Å²) in [6.45, 7) is 57.3. The summed E-state index contributed by atoms with van der Waals surface area (Å²) in [6, 6.07) is 89.3. The van der Waals surface area contributed by atoms with Crippen LogP contribution < -0.4 is 46.0 Å². The van der Waals surface area contributed by atoms with Gasteiger partial charge >= 0.3 is 52.4 Å². The van der Waals surface area contributed by atoms with Crippen molar-refractivity contribution in [3.63, 3.8) is 0 Å². The van der Waals surface area contributed by atoms with Gasteiger partial charge in [-0.3, -0.25) is 0 Å². The molecule has 524 valence electrons.